The number of aryl methyl sites for hydroxylation is 1. The maximum Gasteiger partial charge on any atom is 0.197 e. The van der Waals surface area contributed by atoms with E-state index in [1.54, 1.807) is 18.3 Å². The van der Waals surface area contributed by atoms with Crippen molar-refractivity contribution >= 4 is 62.3 Å². The summed E-state index contributed by atoms with van der Waals surface area (Å²) in [4.78, 5) is 34.1. The second-order valence-electron chi connectivity index (χ2n) is 9.30. The highest BCUT2D eigenvalue weighted by molar-refractivity contribution is 7.17. The van der Waals surface area contributed by atoms with Crippen LogP contribution in [0.2, 0.25) is 0 Å². The van der Waals surface area contributed by atoms with Gasteiger partial charge in [-0.2, -0.15) is 0 Å². The van der Waals surface area contributed by atoms with E-state index in [2.05, 4.69) is 41.6 Å². The van der Waals surface area contributed by atoms with Gasteiger partial charge in [-0.25, -0.2) is 4.98 Å². The van der Waals surface area contributed by atoms with Crippen LogP contribution in [0.15, 0.2) is 115 Å². The van der Waals surface area contributed by atoms with Crippen molar-refractivity contribution in [1.82, 2.24) is 4.98 Å². The van der Waals surface area contributed by atoms with Crippen LogP contribution in [-0.4, -0.2) is 16.6 Å². The second-order valence-corrected chi connectivity index (χ2v) is 10.4. The van der Waals surface area contributed by atoms with Crippen molar-refractivity contribution in [3.63, 3.8) is 0 Å². The summed E-state index contributed by atoms with van der Waals surface area (Å²) in [7, 11) is 0. The van der Waals surface area contributed by atoms with E-state index >= 15 is 0 Å². The molecule has 0 saturated heterocycles. The molecule has 0 N–H and O–H groups in total. The van der Waals surface area contributed by atoms with E-state index in [1.165, 1.54) is 11.3 Å². The minimum absolute atomic E-state index is 0.199. The van der Waals surface area contributed by atoms with Crippen LogP contribution in [0.1, 0.15) is 36.7 Å². The Morgan fingerprint density at radius 1 is 0.846 bits per heavy atom. The van der Waals surface area contributed by atoms with Crippen molar-refractivity contribution < 1.29 is 9.59 Å². The highest BCUT2D eigenvalue weighted by Crippen LogP contribution is 2.40. The minimum atomic E-state index is -0.227. The van der Waals surface area contributed by atoms with Crippen molar-refractivity contribution in [2.24, 2.45) is 0 Å². The van der Waals surface area contributed by atoms with Crippen LogP contribution in [0.5, 0.6) is 0 Å². The van der Waals surface area contributed by atoms with Gasteiger partial charge < -0.3 is 0 Å². The number of carbonyl (C=O) groups is 2. The quantitative estimate of drug-likeness (QED) is 0.127. The van der Waals surface area contributed by atoms with E-state index in [0.717, 1.165) is 43.3 Å². The molecule has 0 spiro atoms. The topological polar surface area (TPSA) is 50.3 Å². The molecule has 0 saturated carbocycles. The molecule has 39 heavy (non-hydrogen) atoms. The summed E-state index contributed by atoms with van der Waals surface area (Å²) in [5.41, 5.74) is 4.33. The highest BCUT2D eigenvalue weighted by Gasteiger charge is 2.33. The first-order valence-electron chi connectivity index (χ1n) is 12.6. The number of pyridine rings is 1. The highest BCUT2D eigenvalue weighted by atomic mass is 32.1. The Bertz CT molecular complexity index is 1770. The molecule has 5 aromatic rings. The van der Waals surface area contributed by atoms with E-state index in [1.807, 2.05) is 78.9 Å². The maximum atomic E-state index is 13.3. The number of thiophene rings is 1. The molecule has 0 amide bonds. The number of fused-ring (bicyclic) bond motifs is 2. The van der Waals surface area contributed by atoms with Gasteiger partial charge in [-0.3, -0.25) is 14.5 Å². The number of rotatable bonds is 6. The van der Waals surface area contributed by atoms with Crippen molar-refractivity contribution in [1.29, 1.82) is 0 Å². The third kappa shape index (κ3) is 4.54. The lowest BCUT2D eigenvalue weighted by Crippen LogP contribution is -2.10. The van der Waals surface area contributed by atoms with E-state index in [-0.39, 0.29) is 17.1 Å². The normalized spacial score (nSPS) is 12.8. The van der Waals surface area contributed by atoms with Crippen molar-refractivity contribution in [2.45, 2.75) is 6.92 Å². The van der Waals surface area contributed by atoms with Crippen molar-refractivity contribution in [3.05, 3.63) is 143 Å². The molecular weight excluding hydrogens is 500 g/mol. The number of hydrogen-bond acceptors (Lipinski definition) is 5. The molecule has 5 heteroatoms. The number of aromatic nitrogens is 1. The monoisotopic (exact) mass is 524 g/mol. The van der Waals surface area contributed by atoms with Gasteiger partial charge in [0.1, 0.15) is 10.8 Å². The first-order chi connectivity index (χ1) is 19.0. The average molecular weight is 525 g/mol. The van der Waals surface area contributed by atoms with E-state index in [4.69, 9.17) is 0 Å². The third-order valence-electron chi connectivity index (χ3n) is 6.80. The first-order valence-corrected chi connectivity index (χ1v) is 13.4. The minimum Gasteiger partial charge on any atom is -0.288 e. The zero-order chi connectivity index (χ0) is 26.9. The number of anilines is 3. The van der Waals surface area contributed by atoms with Crippen molar-refractivity contribution in [3.8, 4) is 0 Å². The zero-order valence-corrected chi connectivity index (χ0v) is 22.1. The number of carbonyl (C=O) groups excluding carboxylic acids is 2. The molecule has 2 heterocycles. The molecule has 3 aromatic carbocycles. The van der Waals surface area contributed by atoms with Crippen LogP contribution in [0.25, 0.3) is 22.9 Å². The van der Waals surface area contributed by atoms with Gasteiger partial charge >= 0.3 is 0 Å². The second kappa shape index (κ2) is 10.1. The van der Waals surface area contributed by atoms with Crippen LogP contribution < -0.4 is 4.90 Å². The first kappa shape index (κ1) is 24.5. The summed E-state index contributed by atoms with van der Waals surface area (Å²) in [5.74, 6) is 0.317. The summed E-state index contributed by atoms with van der Waals surface area (Å²) in [6, 6.07) is 27.4. The van der Waals surface area contributed by atoms with Gasteiger partial charge in [0.05, 0.1) is 5.57 Å². The number of ketones is 2. The maximum absolute atomic E-state index is 13.3. The van der Waals surface area contributed by atoms with Gasteiger partial charge in [0.2, 0.25) is 0 Å². The van der Waals surface area contributed by atoms with Gasteiger partial charge in [0.25, 0.3) is 0 Å². The Morgan fingerprint density at radius 2 is 1.56 bits per heavy atom. The summed E-state index contributed by atoms with van der Waals surface area (Å²) >= 11 is 1.50. The number of Topliss-reactive ketones (excluding diaryl/α,β-unsaturated/α-hetero) is 2. The lowest BCUT2D eigenvalue weighted by atomic mass is 10.0. The Hall–Kier alpha value is -4.87. The molecule has 6 rings (SSSR count). The van der Waals surface area contributed by atoms with Gasteiger partial charge in [-0.05, 0) is 83.4 Å². The molecule has 0 aliphatic heterocycles. The Labute approximate surface area is 230 Å². The molecule has 2 aromatic heterocycles. The van der Waals surface area contributed by atoms with E-state index < -0.39 is 0 Å². The molecule has 0 fully saturated rings. The van der Waals surface area contributed by atoms with Gasteiger partial charge in [0, 0.05) is 27.9 Å². The summed E-state index contributed by atoms with van der Waals surface area (Å²) in [5, 5.41) is 2.82. The van der Waals surface area contributed by atoms with E-state index in [9.17, 15) is 9.59 Å². The van der Waals surface area contributed by atoms with Crippen LogP contribution in [0.3, 0.4) is 0 Å². The third-order valence-corrected chi connectivity index (χ3v) is 7.81. The molecule has 4 nitrogen and oxygen atoms in total. The zero-order valence-electron chi connectivity index (χ0n) is 21.3. The predicted molar refractivity (Wildman–Crippen MR) is 161 cm³/mol. The average Bonchev–Trinajstić information content (AvgIpc) is 3.51. The fourth-order valence-corrected chi connectivity index (χ4v) is 5.78. The summed E-state index contributed by atoms with van der Waals surface area (Å²) in [6.45, 7) is 5.85. The standard InChI is InChI=1S/C34H24N2O2S/c1-3-4-9-23-18-26(14-13-22(23)2)36(31-12-7-8-17-35-31)32-16-15-27(39-32)21-30-33(37)28-19-24-10-5-6-11-25(24)20-29(28)34(30)38/h3-21H,1H2,2H3/b9-4-. The van der Waals surface area contributed by atoms with Crippen LogP contribution in [0.4, 0.5) is 16.5 Å². The smallest absolute Gasteiger partial charge is 0.197 e. The van der Waals surface area contributed by atoms with E-state index in [0.29, 0.717) is 11.1 Å². The molecule has 0 bridgehead atoms. The number of hydrogen-bond donors (Lipinski definition) is 0. The molecule has 0 radical (unpaired) electrons. The summed E-state index contributed by atoms with van der Waals surface area (Å²) in [6.07, 6.45) is 9.19. The molecule has 0 unspecified atom stereocenters. The molecular formula is C34H24N2O2S. The molecule has 1 aliphatic rings. The fourth-order valence-electron chi connectivity index (χ4n) is 4.80. The fraction of sp³-hybridized carbons (Fsp3) is 0.0294. The lowest BCUT2D eigenvalue weighted by molar-refractivity contribution is 0.0990. The van der Waals surface area contributed by atoms with Crippen molar-refractivity contribution in [2.75, 3.05) is 4.90 Å². The van der Waals surface area contributed by atoms with Crippen LogP contribution in [0, 0.1) is 6.92 Å². The Kier molecular flexibility index (Phi) is 6.35. The number of benzene rings is 3. The Balaban J connectivity index is 1.40. The molecule has 1 aliphatic carbocycles. The van der Waals surface area contributed by atoms with Gasteiger partial charge in [-0.1, -0.05) is 61.2 Å². The largest absolute Gasteiger partial charge is 0.288 e. The summed E-state index contributed by atoms with van der Waals surface area (Å²) < 4.78 is 0. The molecule has 0 atom stereocenters. The Morgan fingerprint density at radius 3 is 2.23 bits per heavy atom. The van der Waals surface area contributed by atoms with Crippen LogP contribution in [-0.2, 0) is 0 Å². The van der Waals surface area contributed by atoms with Gasteiger partial charge in [-0.15, -0.1) is 11.3 Å². The van der Waals surface area contributed by atoms with Crippen LogP contribution >= 0.6 is 11.3 Å². The van der Waals surface area contributed by atoms with Gasteiger partial charge in [0.15, 0.2) is 11.6 Å². The number of nitrogens with zero attached hydrogens (tertiary/aromatic N) is 2. The molecule has 188 valence electrons. The SMILES string of the molecule is C=C/C=C\c1cc(N(c2ccccn2)c2ccc(C=C3C(=O)c4cc5ccccc5cc4C3=O)s2)ccc1C. The lowest BCUT2D eigenvalue weighted by Gasteiger charge is -2.23. The number of allylic oxidation sites excluding steroid dienone is 3. The predicted octanol–water partition coefficient (Wildman–Crippen LogP) is 8.74.